The Morgan fingerprint density at radius 1 is 1.20 bits per heavy atom. The van der Waals surface area contributed by atoms with Crippen LogP contribution in [0.25, 0.3) is 0 Å². The summed E-state index contributed by atoms with van der Waals surface area (Å²) in [5.74, 6) is 0.378. The van der Waals surface area contributed by atoms with E-state index in [4.69, 9.17) is 9.47 Å². The van der Waals surface area contributed by atoms with E-state index in [9.17, 15) is 14.9 Å². The third-order valence-corrected chi connectivity index (χ3v) is 3.33. The maximum absolute atomic E-state index is 12.2. The molecule has 0 bridgehead atoms. The Balaban J connectivity index is 1.97. The van der Waals surface area contributed by atoms with Crippen molar-refractivity contribution in [2.24, 2.45) is 0 Å². The fourth-order valence-electron chi connectivity index (χ4n) is 2.05. The predicted molar refractivity (Wildman–Crippen MR) is 94.0 cm³/mol. The van der Waals surface area contributed by atoms with Crippen molar-refractivity contribution < 1.29 is 19.2 Å². The zero-order valence-corrected chi connectivity index (χ0v) is 14.1. The van der Waals surface area contributed by atoms with Crippen LogP contribution in [0.4, 0.5) is 11.4 Å². The number of nitrogens with zero attached hydrogens (tertiary/aromatic N) is 1. The highest BCUT2D eigenvalue weighted by atomic mass is 16.6. The first-order valence-electron chi connectivity index (χ1n) is 7.95. The molecule has 0 heterocycles. The van der Waals surface area contributed by atoms with Gasteiger partial charge in [-0.2, -0.15) is 0 Å². The number of nitrogens with one attached hydrogen (secondary N) is 1. The summed E-state index contributed by atoms with van der Waals surface area (Å²) in [6.45, 7) is 4.18. The standard InChI is InChI=1S/C18H20N2O5/c1-3-12-24-15-10-8-14(9-11-15)19-18(21)13(2)25-17-7-5-4-6-16(17)20(22)23/h4-11,13H,3,12H2,1-2H3,(H,19,21). The molecule has 0 aliphatic carbocycles. The monoisotopic (exact) mass is 344 g/mol. The molecular formula is C18H20N2O5. The Labute approximate surface area is 145 Å². The minimum atomic E-state index is -0.892. The zero-order chi connectivity index (χ0) is 18.2. The van der Waals surface area contributed by atoms with E-state index in [1.807, 2.05) is 6.92 Å². The zero-order valence-electron chi connectivity index (χ0n) is 14.1. The first-order valence-corrected chi connectivity index (χ1v) is 7.95. The number of hydrogen-bond acceptors (Lipinski definition) is 5. The molecule has 1 N–H and O–H groups in total. The smallest absolute Gasteiger partial charge is 0.310 e. The number of nitro groups is 1. The number of rotatable bonds is 8. The van der Waals surface area contributed by atoms with Crippen LogP contribution in [0.5, 0.6) is 11.5 Å². The van der Waals surface area contributed by atoms with Gasteiger partial charge in [0.1, 0.15) is 5.75 Å². The molecule has 0 fully saturated rings. The van der Waals surface area contributed by atoms with E-state index in [1.165, 1.54) is 25.1 Å². The molecule has 0 spiro atoms. The van der Waals surface area contributed by atoms with Crippen molar-refractivity contribution in [3.63, 3.8) is 0 Å². The fourth-order valence-corrected chi connectivity index (χ4v) is 2.05. The lowest BCUT2D eigenvalue weighted by atomic mass is 10.2. The van der Waals surface area contributed by atoms with Crippen LogP contribution in [-0.2, 0) is 4.79 Å². The maximum atomic E-state index is 12.2. The van der Waals surface area contributed by atoms with Gasteiger partial charge in [0.2, 0.25) is 0 Å². The van der Waals surface area contributed by atoms with E-state index in [1.54, 1.807) is 30.3 Å². The van der Waals surface area contributed by atoms with Crippen LogP contribution in [0.15, 0.2) is 48.5 Å². The number of carbonyl (C=O) groups excluding carboxylic acids is 1. The molecule has 7 heteroatoms. The fraction of sp³-hybridized carbons (Fsp3) is 0.278. The summed E-state index contributed by atoms with van der Waals surface area (Å²) in [4.78, 5) is 22.7. The quantitative estimate of drug-likeness (QED) is 0.581. The summed E-state index contributed by atoms with van der Waals surface area (Å²) in [5.41, 5.74) is 0.409. The number of anilines is 1. The highest BCUT2D eigenvalue weighted by molar-refractivity contribution is 5.94. The average Bonchev–Trinajstić information content (AvgIpc) is 2.61. The van der Waals surface area contributed by atoms with Gasteiger partial charge in [-0.3, -0.25) is 14.9 Å². The Morgan fingerprint density at radius 2 is 1.88 bits per heavy atom. The van der Waals surface area contributed by atoms with Crippen LogP contribution < -0.4 is 14.8 Å². The van der Waals surface area contributed by atoms with E-state index in [2.05, 4.69) is 5.32 Å². The second-order valence-electron chi connectivity index (χ2n) is 5.35. The summed E-state index contributed by atoms with van der Waals surface area (Å²) >= 11 is 0. The van der Waals surface area contributed by atoms with Gasteiger partial charge in [-0.05, 0) is 43.7 Å². The number of hydrogen-bond donors (Lipinski definition) is 1. The van der Waals surface area contributed by atoms with Gasteiger partial charge in [-0.1, -0.05) is 19.1 Å². The first kappa shape index (κ1) is 18.3. The molecule has 25 heavy (non-hydrogen) atoms. The molecule has 0 saturated heterocycles. The Bertz CT molecular complexity index is 731. The molecule has 7 nitrogen and oxygen atoms in total. The van der Waals surface area contributed by atoms with Crippen molar-refractivity contribution in [2.75, 3.05) is 11.9 Å². The van der Waals surface area contributed by atoms with Crippen molar-refractivity contribution in [3.05, 3.63) is 58.6 Å². The van der Waals surface area contributed by atoms with E-state index in [0.717, 1.165) is 12.2 Å². The highest BCUT2D eigenvalue weighted by Gasteiger charge is 2.20. The molecule has 0 aromatic heterocycles. The van der Waals surface area contributed by atoms with Crippen LogP contribution in [0.3, 0.4) is 0 Å². The van der Waals surface area contributed by atoms with Gasteiger partial charge in [-0.15, -0.1) is 0 Å². The van der Waals surface area contributed by atoms with Gasteiger partial charge < -0.3 is 14.8 Å². The molecule has 2 rings (SSSR count). The van der Waals surface area contributed by atoms with E-state index < -0.39 is 16.9 Å². The molecule has 1 atom stereocenters. The van der Waals surface area contributed by atoms with Crippen molar-refractivity contribution >= 4 is 17.3 Å². The van der Waals surface area contributed by atoms with Gasteiger partial charge >= 0.3 is 5.69 Å². The second-order valence-corrected chi connectivity index (χ2v) is 5.35. The van der Waals surface area contributed by atoms with Crippen molar-refractivity contribution in [3.8, 4) is 11.5 Å². The van der Waals surface area contributed by atoms with Crippen LogP contribution in [-0.4, -0.2) is 23.5 Å². The van der Waals surface area contributed by atoms with E-state index >= 15 is 0 Å². The van der Waals surface area contributed by atoms with Gasteiger partial charge in [0, 0.05) is 11.8 Å². The molecule has 0 radical (unpaired) electrons. The molecule has 2 aromatic rings. The molecule has 0 saturated carbocycles. The Morgan fingerprint density at radius 3 is 2.52 bits per heavy atom. The number of ether oxygens (including phenoxy) is 2. The molecule has 0 aliphatic heterocycles. The second kappa shape index (κ2) is 8.68. The Kier molecular flexibility index (Phi) is 6.33. The van der Waals surface area contributed by atoms with Crippen LogP contribution >= 0.6 is 0 Å². The number of amides is 1. The normalized spacial score (nSPS) is 11.4. The summed E-state index contributed by atoms with van der Waals surface area (Å²) < 4.78 is 10.9. The molecule has 1 unspecified atom stereocenters. The van der Waals surface area contributed by atoms with Gasteiger partial charge in [0.05, 0.1) is 11.5 Å². The van der Waals surface area contributed by atoms with Crippen LogP contribution in [0.2, 0.25) is 0 Å². The Hall–Kier alpha value is -3.09. The molecule has 132 valence electrons. The number of nitro benzene ring substituents is 1. The third kappa shape index (κ3) is 5.20. The molecule has 2 aromatic carbocycles. The predicted octanol–water partition coefficient (Wildman–Crippen LogP) is 3.79. The molecular weight excluding hydrogens is 324 g/mol. The summed E-state index contributed by atoms with van der Waals surface area (Å²) in [6, 6.07) is 12.9. The number of para-hydroxylation sites is 2. The lowest BCUT2D eigenvalue weighted by Crippen LogP contribution is -2.30. The summed E-state index contributed by atoms with van der Waals surface area (Å²) in [5, 5.41) is 13.7. The largest absolute Gasteiger partial charge is 0.494 e. The summed E-state index contributed by atoms with van der Waals surface area (Å²) in [7, 11) is 0. The molecule has 1 amide bonds. The van der Waals surface area contributed by atoms with E-state index in [-0.39, 0.29) is 11.4 Å². The topological polar surface area (TPSA) is 90.7 Å². The van der Waals surface area contributed by atoms with Crippen LogP contribution in [0.1, 0.15) is 20.3 Å². The molecule has 0 aliphatic rings. The minimum absolute atomic E-state index is 0.0541. The van der Waals surface area contributed by atoms with E-state index in [0.29, 0.717) is 12.3 Å². The van der Waals surface area contributed by atoms with Gasteiger partial charge in [0.25, 0.3) is 5.91 Å². The SMILES string of the molecule is CCCOc1ccc(NC(=O)C(C)Oc2ccccc2[N+](=O)[O-])cc1. The minimum Gasteiger partial charge on any atom is -0.494 e. The van der Waals surface area contributed by atoms with Crippen molar-refractivity contribution in [1.29, 1.82) is 0 Å². The number of carbonyl (C=O) groups is 1. The summed E-state index contributed by atoms with van der Waals surface area (Å²) in [6.07, 6.45) is 0.0241. The van der Waals surface area contributed by atoms with Gasteiger partial charge in [-0.25, -0.2) is 0 Å². The van der Waals surface area contributed by atoms with Gasteiger partial charge in [0.15, 0.2) is 11.9 Å². The van der Waals surface area contributed by atoms with Crippen molar-refractivity contribution in [1.82, 2.24) is 0 Å². The highest BCUT2D eigenvalue weighted by Crippen LogP contribution is 2.27. The van der Waals surface area contributed by atoms with Crippen molar-refractivity contribution in [2.45, 2.75) is 26.4 Å². The lowest BCUT2D eigenvalue weighted by Gasteiger charge is -2.15. The number of benzene rings is 2. The van der Waals surface area contributed by atoms with Crippen LogP contribution in [0, 0.1) is 10.1 Å². The maximum Gasteiger partial charge on any atom is 0.310 e. The average molecular weight is 344 g/mol. The lowest BCUT2D eigenvalue weighted by molar-refractivity contribution is -0.386. The first-order chi connectivity index (χ1) is 12.0. The third-order valence-electron chi connectivity index (χ3n) is 3.33.